The van der Waals surface area contributed by atoms with Gasteiger partial charge in [0.1, 0.15) is 11.7 Å². The second-order valence-corrected chi connectivity index (χ2v) is 5.65. The van der Waals surface area contributed by atoms with Crippen molar-refractivity contribution in [3.05, 3.63) is 24.5 Å². The highest BCUT2D eigenvalue weighted by molar-refractivity contribution is 7.87. The van der Waals surface area contributed by atoms with Gasteiger partial charge in [-0.3, -0.25) is 9.78 Å². The lowest BCUT2D eigenvalue weighted by Gasteiger charge is -2.11. The minimum Gasteiger partial charge on any atom is -0.480 e. The molecule has 0 unspecified atom stereocenters. The second kappa shape index (κ2) is 7.19. The summed E-state index contributed by atoms with van der Waals surface area (Å²) >= 11 is 0. The molecule has 0 amide bonds. The van der Waals surface area contributed by atoms with E-state index in [2.05, 4.69) is 20.1 Å². The molecule has 2 aromatic heterocycles. The number of hydrogen-bond acceptors (Lipinski definition) is 9. The molecule has 0 radical (unpaired) electrons. The van der Waals surface area contributed by atoms with Crippen LogP contribution in [0.5, 0.6) is 0 Å². The molecule has 0 aliphatic carbocycles. The monoisotopic (exact) mass is 344 g/mol. The van der Waals surface area contributed by atoms with E-state index in [9.17, 15) is 13.2 Å². The lowest BCUT2D eigenvalue weighted by molar-refractivity contribution is -0.139. The van der Waals surface area contributed by atoms with E-state index in [0.717, 1.165) is 0 Å². The number of aliphatic hydroxyl groups excluding tert-OH is 1. The van der Waals surface area contributed by atoms with E-state index in [-0.39, 0.29) is 18.3 Å². The molecule has 0 fully saturated rings. The van der Waals surface area contributed by atoms with Crippen molar-refractivity contribution in [3.63, 3.8) is 0 Å². The fourth-order valence-corrected chi connectivity index (χ4v) is 2.34. The molecule has 23 heavy (non-hydrogen) atoms. The lowest BCUT2D eigenvalue weighted by Crippen LogP contribution is -2.48. The molecule has 0 spiro atoms. The zero-order chi connectivity index (χ0) is 16.9. The van der Waals surface area contributed by atoms with E-state index in [1.807, 2.05) is 4.72 Å². The maximum absolute atomic E-state index is 11.6. The normalized spacial score (nSPS) is 12.9. The van der Waals surface area contributed by atoms with Gasteiger partial charge in [-0.1, -0.05) is 5.16 Å². The summed E-state index contributed by atoms with van der Waals surface area (Å²) < 4.78 is 31.9. The summed E-state index contributed by atoms with van der Waals surface area (Å²) in [5.74, 6) is -1.45. The van der Waals surface area contributed by atoms with E-state index in [4.69, 9.17) is 14.7 Å². The molecule has 1 atom stereocenters. The first-order chi connectivity index (χ1) is 10.9. The SMILES string of the molecule is O=C(O)[C@H](CO)NS(=O)(=O)NCc1nc(-c2cnccn2)no1. The fraction of sp³-hybridized carbons (Fsp3) is 0.300. The number of carboxylic acid groups (broad SMARTS) is 1. The lowest BCUT2D eigenvalue weighted by atomic mass is 10.3. The molecule has 4 N–H and O–H groups in total. The second-order valence-electron chi connectivity index (χ2n) is 4.12. The van der Waals surface area contributed by atoms with Gasteiger partial charge in [0.15, 0.2) is 0 Å². The number of carbonyl (C=O) groups is 1. The number of nitrogens with one attached hydrogen (secondary N) is 2. The van der Waals surface area contributed by atoms with Gasteiger partial charge in [0.2, 0.25) is 11.7 Å². The summed E-state index contributed by atoms with van der Waals surface area (Å²) in [6, 6.07) is -1.66. The molecule has 0 aliphatic heterocycles. The van der Waals surface area contributed by atoms with Gasteiger partial charge in [-0.15, -0.1) is 0 Å². The first kappa shape index (κ1) is 16.9. The molecule has 0 aliphatic rings. The minimum atomic E-state index is -4.19. The largest absolute Gasteiger partial charge is 0.480 e. The molecular weight excluding hydrogens is 332 g/mol. The summed E-state index contributed by atoms with van der Waals surface area (Å²) in [6.45, 7) is -1.27. The quantitative estimate of drug-likeness (QED) is 0.414. The smallest absolute Gasteiger partial charge is 0.324 e. The van der Waals surface area contributed by atoms with Crippen LogP contribution in [0.1, 0.15) is 5.89 Å². The number of hydrogen-bond donors (Lipinski definition) is 4. The van der Waals surface area contributed by atoms with E-state index < -0.39 is 28.8 Å². The number of rotatable bonds is 8. The number of aliphatic carboxylic acids is 1. The molecule has 2 rings (SSSR count). The highest BCUT2D eigenvalue weighted by Gasteiger charge is 2.23. The summed E-state index contributed by atoms with van der Waals surface area (Å²) in [7, 11) is -4.19. The van der Waals surface area contributed by atoms with Crippen LogP contribution in [0, 0.1) is 0 Å². The van der Waals surface area contributed by atoms with Crippen molar-refractivity contribution in [2.24, 2.45) is 0 Å². The van der Waals surface area contributed by atoms with Gasteiger partial charge >= 0.3 is 5.97 Å². The van der Waals surface area contributed by atoms with Crippen molar-refractivity contribution in [2.45, 2.75) is 12.6 Å². The van der Waals surface area contributed by atoms with Gasteiger partial charge in [-0.25, -0.2) is 4.98 Å². The molecule has 0 saturated carbocycles. The van der Waals surface area contributed by atoms with Crippen LogP contribution in [0.3, 0.4) is 0 Å². The van der Waals surface area contributed by atoms with Crippen LogP contribution < -0.4 is 9.44 Å². The van der Waals surface area contributed by atoms with E-state index in [1.54, 1.807) is 4.72 Å². The first-order valence-corrected chi connectivity index (χ1v) is 7.59. The zero-order valence-electron chi connectivity index (χ0n) is 11.4. The van der Waals surface area contributed by atoms with E-state index >= 15 is 0 Å². The van der Waals surface area contributed by atoms with Gasteiger partial charge in [0.25, 0.3) is 10.2 Å². The molecule has 2 heterocycles. The van der Waals surface area contributed by atoms with Crippen LogP contribution in [0.2, 0.25) is 0 Å². The van der Waals surface area contributed by atoms with Gasteiger partial charge in [0, 0.05) is 12.4 Å². The highest BCUT2D eigenvalue weighted by Crippen LogP contribution is 2.10. The molecule has 0 aromatic carbocycles. The van der Waals surface area contributed by atoms with Gasteiger partial charge < -0.3 is 14.7 Å². The fourth-order valence-electron chi connectivity index (χ4n) is 1.40. The molecule has 2 aromatic rings. The molecule has 0 bridgehead atoms. The Balaban J connectivity index is 1.98. The van der Waals surface area contributed by atoms with Gasteiger partial charge in [-0.05, 0) is 0 Å². The average Bonchev–Trinajstić information content (AvgIpc) is 3.00. The molecule has 13 heteroatoms. The van der Waals surface area contributed by atoms with Crippen LogP contribution in [-0.4, -0.2) is 57.4 Å². The number of aromatic nitrogens is 4. The van der Waals surface area contributed by atoms with Crippen LogP contribution >= 0.6 is 0 Å². The Morgan fingerprint density at radius 1 is 1.39 bits per heavy atom. The van der Waals surface area contributed by atoms with Crippen molar-refractivity contribution in [2.75, 3.05) is 6.61 Å². The third-order valence-electron chi connectivity index (χ3n) is 2.45. The van der Waals surface area contributed by atoms with Crippen LogP contribution in [0.4, 0.5) is 0 Å². The summed E-state index contributed by atoms with van der Waals surface area (Å²) in [6.07, 6.45) is 4.29. The minimum absolute atomic E-state index is 0.0631. The Bertz CT molecular complexity index is 763. The third kappa shape index (κ3) is 4.75. The Morgan fingerprint density at radius 2 is 2.17 bits per heavy atom. The molecule has 0 saturated heterocycles. The number of nitrogens with zero attached hydrogens (tertiary/aromatic N) is 4. The van der Waals surface area contributed by atoms with Crippen molar-refractivity contribution in [1.82, 2.24) is 29.6 Å². The number of carboxylic acids is 1. The van der Waals surface area contributed by atoms with E-state index in [1.165, 1.54) is 18.6 Å². The Hall–Kier alpha value is -2.48. The van der Waals surface area contributed by atoms with Crippen LogP contribution in [0.15, 0.2) is 23.1 Å². The summed E-state index contributed by atoms with van der Waals surface area (Å²) in [4.78, 5) is 22.4. The first-order valence-electron chi connectivity index (χ1n) is 6.11. The average molecular weight is 344 g/mol. The Morgan fingerprint density at radius 3 is 2.78 bits per heavy atom. The zero-order valence-corrected chi connectivity index (χ0v) is 12.3. The highest BCUT2D eigenvalue weighted by atomic mass is 32.2. The van der Waals surface area contributed by atoms with Crippen molar-refractivity contribution >= 4 is 16.2 Å². The third-order valence-corrected chi connectivity index (χ3v) is 3.57. The van der Waals surface area contributed by atoms with Crippen LogP contribution in [0.25, 0.3) is 11.5 Å². The maximum Gasteiger partial charge on any atom is 0.324 e. The van der Waals surface area contributed by atoms with Crippen molar-refractivity contribution < 1.29 is 27.9 Å². The van der Waals surface area contributed by atoms with Crippen LogP contribution in [-0.2, 0) is 21.5 Å². The van der Waals surface area contributed by atoms with Crippen molar-refractivity contribution in [1.29, 1.82) is 0 Å². The van der Waals surface area contributed by atoms with Gasteiger partial charge in [0.05, 0.1) is 19.3 Å². The van der Waals surface area contributed by atoms with Crippen molar-refractivity contribution in [3.8, 4) is 11.5 Å². The standard InChI is InChI=1S/C10H12N6O6S/c17-5-7(10(18)19)16-23(20,21)13-4-8-14-9(15-22-8)6-3-11-1-2-12-6/h1-3,7,13,16-17H,4-5H2,(H,18,19)/t7-/m0/s1. The Kier molecular flexibility index (Phi) is 5.28. The molecule has 124 valence electrons. The predicted molar refractivity (Wildman–Crippen MR) is 72.7 cm³/mol. The molecular formula is C10H12N6O6S. The summed E-state index contributed by atoms with van der Waals surface area (Å²) in [5, 5.41) is 21.1. The number of aliphatic hydroxyl groups is 1. The summed E-state index contributed by atoms with van der Waals surface area (Å²) in [5.41, 5.74) is 0.342. The van der Waals surface area contributed by atoms with E-state index in [0.29, 0.717) is 5.69 Å². The Labute approximate surface area is 129 Å². The topological polar surface area (TPSA) is 180 Å². The maximum atomic E-state index is 11.6. The molecule has 12 nitrogen and oxygen atoms in total. The predicted octanol–water partition coefficient (Wildman–Crippen LogP) is -2.10. The van der Waals surface area contributed by atoms with Gasteiger partial charge in [-0.2, -0.15) is 22.8 Å².